The molecular formula is C19H26N2O3. The topological polar surface area (TPSA) is 95.6 Å². The van der Waals surface area contributed by atoms with E-state index in [1.54, 1.807) is 24.3 Å². The number of nitrogens with one attached hydrogen (secondary N) is 1. The highest BCUT2D eigenvalue weighted by atomic mass is 16.3. The molecule has 0 saturated heterocycles. The van der Waals surface area contributed by atoms with Gasteiger partial charge >= 0.3 is 0 Å². The van der Waals surface area contributed by atoms with Gasteiger partial charge < -0.3 is 21.3 Å². The number of nitrogen functional groups attached to an aromatic ring is 1. The van der Waals surface area contributed by atoms with Crippen molar-refractivity contribution in [3.8, 4) is 11.5 Å². The Morgan fingerprint density at radius 1 is 1.08 bits per heavy atom. The summed E-state index contributed by atoms with van der Waals surface area (Å²) in [7, 11) is 0. The predicted molar refractivity (Wildman–Crippen MR) is 98.2 cm³/mol. The van der Waals surface area contributed by atoms with E-state index in [-0.39, 0.29) is 11.7 Å². The number of aromatic hydroxyl groups is 2. The van der Waals surface area contributed by atoms with Crippen molar-refractivity contribution < 1.29 is 15.0 Å². The molecule has 0 fully saturated rings. The number of benzene rings is 2. The van der Waals surface area contributed by atoms with Crippen LogP contribution in [0, 0.1) is 0 Å². The van der Waals surface area contributed by atoms with E-state index in [4.69, 9.17) is 10.8 Å². The zero-order valence-electron chi connectivity index (χ0n) is 14.2. The van der Waals surface area contributed by atoms with Crippen LogP contribution >= 0.6 is 0 Å². The molecule has 0 aliphatic heterocycles. The van der Waals surface area contributed by atoms with Gasteiger partial charge in [-0.15, -0.1) is 0 Å². The number of carbonyl (C=O) groups is 1. The standard InChI is InChI=1S/C11H17NO.C8H9NO2/c1-2-3-4-5-9-8-10(12)6-7-11(9)13;1-6(10)9-7-2-4-8(11)5-3-7/h6-8,13H,2-5,12H2,1H3;2-5,11H,1H3,(H,9,10). The average Bonchev–Trinajstić information content (AvgIpc) is 2.53. The number of nitrogens with two attached hydrogens (primary N) is 1. The molecule has 2 rings (SSSR count). The fourth-order valence-electron chi connectivity index (χ4n) is 2.12. The van der Waals surface area contributed by atoms with E-state index in [2.05, 4.69) is 12.2 Å². The Kier molecular flexibility index (Phi) is 8.19. The summed E-state index contributed by atoms with van der Waals surface area (Å²) in [4.78, 5) is 10.5. The normalized spacial score (nSPS) is 9.75. The van der Waals surface area contributed by atoms with Crippen LogP contribution in [0.3, 0.4) is 0 Å². The van der Waals surface area contributed by atoms with Gasteiger partial charge in [0.25, 0.3) is 0 Å². The number of aryl methyl sites for hydroxylation is 1. The molecule has 5 heteroatoms. The maximum Gasteiger partial charge on any atom is 0.221 e. The molecule has 5 nitrogen and oxygen atoms in total. The molecular weight excluding hydrogens is 304 g/mol. The third kappa shape index (κ3) is 7.54. The molecule has 0 heterocycles. The number of phenols is 2. The molecule has 1 amide bonds. The average molecular weight is 330 g/mol. The molecule has 0 aromatic heterocycles. The maximum atomic E-state index is 10.5. The quantitative estimate of drug-likeness (QED) is 0.378. The molecule has 130 valence electrons. The van der Waals surface area contributed by atoms with Crippen LogP contribution in [0.5, 0.6) is 11.5 Å². The number of carbonyl (C=O) groups excluding carboxylic acids is 1. The first-order valence-electron chi connectivity index (χ1n) is 8.06. The molecule has 0 aliphatic carbocycles. The summed E-state index contributed by atoms with van der Waals surface area (Å²) in [5.41, 5.74) is 8.00. The Morgan fingerprint density at radius 2 is 1.75 bits per heavy atom. The molecule has 2 aromatic carbocycles. The van der Waals surface area contributed by atoms with Gasteiger partial charge in [-0.1, -0.05) is 19.8 Å². The minimum atomic E-state index is -0.115. The summed E-state index contributed by atoms with van der Waals surface area (Å²) in [6, 6.07) is 11.5. The highest BCUT2D eigenvalue weighted by Gasteiger charge is 2.00. The zero-order chi connectivity index (χ0) is 17.9. The molecule has 0 atom stereocenters. The summed E-state index contributed by atoms with van der Waals surface area (Å²) in [5.74, 6) is 0.445. The zero-order valence-corrected chi connectivity index (χ0v) is 14.2. The second-order valence-electron chi connectivity index (χ2n) is 5.57. The molecule has 5 N–H and O–H groups in total. The lowest BCUT2D eigenvalue weighted by atomic mass is 10.1. The number of hydrogen-bond acceptors (Lipinski definition) is 4. The molecule has 0 bridgehead atoms. The van der Waals surface area contributed by atoms with E-state index in [1.807, 2.05) is 6.07 Å². The summed E-state index contributed by atoms with van der Waals surface area (Å²) in [5, 5.41) is 20.9. The third-order valence-electron chi connectivity index (χ3n) is 3.34. The van der Waals surface area contributed by atoms with Gasteiger partial charge in [-0.2, -0.15) is 0 Å². The van der Waals surface area contributed by atoms with Gasteiger partial charge in [0.15, 0.2) is 0 Å². The van der Waals surface area contributed by atoms with E-state index in [1.165, 1.54) is 31.9 Å². The van der Waals surface area contributed by atoms with E-state index >= 15 is 0 Å². The van der Waals surface area contributed by atoms with Gasteiger partial charge in [0.1, 0.15) is 11.5 Å². The van der Waals surface area contributed by atoms with Crippen LogP contribution in [0.1, 0.15) is 38.7 Å². The van der Waals surface area contributed by atoms with Crippen molar-refractivity contribution >= 4 is 17.3 Å². The molecule has 0 saturated carbocycles. The minimum absolute atomic E-state index is 0.115. The number of unbranched alkanes of at least 4 members (excludes halogenated alkanes) is 2. The first kappa shape index (κ1) is 19.4. The van der Waals surface area contributed by atoms with Crippen molar-refractivity contribution in [2.45, 2.75) is 39.5 Å². The highest BCUT2D eigenvalue weighted by Crippen LogP contribution is 2.21. The first-order chi connectivity index (χ1) is 11.4. The van der Waals surface area contributed by atoms with Crippen LogP contribution < -0.4 is 11.1 Å². The van der Waals surface area contributed by atoms with E-state index in [0.29, 0.717) is 11.4 Å². The van der Waals surface area contributed by atoms with Crippen LogP contribution in [-0.4, -0.2) is 16.1 Å². The Balaban J connectivity index is 0.000000243. The van der Waals surface area contributed by atoms with Gasteiger partial charge in [0, 0.05) is 18.3 Å². The van der Waals surface area contributed by atoms with E-state index in [0.717, 1.165) is 24.1 Å². The molecule has 0 aliphatic rings. The number of rotatable bonds is 5. The Morgan fingerprint density at radius 3 is 2.33 bits per heavy atom. The van der Waals surface area contributed by atoms with E-state index in [9.17, 15) is 9.90 Å². The molecule has 0 radical (unpaired) electrons. The predicted octanol–water partition coefficient (Wildman–Crippen LogP) is 4.06. The van der Waals surface area contributed by atoms with Crippen LogP contribution in [0.15, 0.2) is 42.5 Å². The van der Waals surface area contributed by atoms with Crippen LogP contribution in [0.2, 0.25) is 0 Å². The number of amides is 1. The number of hydrogen-bond donors (Lipinski definition) is 4. The van der Waals surface area contributed by atoms with Gasteiger partial charge in [0.2, 0.25) is 5.91 Å². The summed E-state index contributed by atoms with van der Waals surface area (Å²) in [6.07, 6.45) is 4.44. The fourth-order valence-corrected chi connectivity index (χ4v) is 2.12. The summed E-state index contributed by atoms with van der Waals surface area (Å²) in [6.45, 7) is 3.60. The lowest BCUT2D eigenvalue weighted by Crippen LogP contribution is -2.04. The van der Waals surface area contributed by atoms with Crippen LogP contribution in [-0.2, 0) is 11.2 Å². The van der Waals surface area contributed by atoms with Crippen molar-refractivity contribution in [3.05, 3.63) is 48.0 Å². The Labute approximate surface area is 143 Å². The van der Waals surface area contributed by atoms with Gasteiger partial charge in [-0.3, -0.25) is 4.79 Å². The van der Waals surface area contributed by atoms with Crippen LogP contribution in [0.25, 0.3) is 0 Å². The van der Waals surface area contributed by atoms with Gasteiger partial charge in [-0.25, -0.2) is 0 Å². The van der Waals surface area contributed by atoms with Gasteiger partial charge in [-0.05, 0) is 60.9 Å². The minimum Gasteiger partial charge on any atom is -0.508 e. The monoisotopic (exact) mass is 330 g/mol. The van der Waals surface area contributed by atoms with Crippen LogP contribution in [0.4, 0.5) is 11.4 Å². The van der Waals surface area contributed by atoms with Crippen molar-refractivity contribution in [2.24, 2.45) is 0 Å². The van der Waals surface area contributed by atoms with E-state index < -0.39 is 0 Å². The smallest absolute Gasteiger partial charge is 0.221 e. The maximum absolute atomic E-state index is 10.5. The highest BCUT2D eigenvalue weighted by molar-refractivity contribution is 5.88. The summed E-state index contributed by atoms with van der Waals surface area (Å²) < 4.78 is 0. The Hall–Kier alpha value is -2.69. The molecule has 2 aromatic rings. The van der Waals surface area contributed by atoms with Gasteiger partial charge in [0.05, 0.1) is 0 Å². The number of phenolic OH excluding ortho intramolecular Hbond substituents is 2. The van der Waals surface area contributed by atoms with Crippen molar-refractivity contribution in [1.82, 2.24) is 0 Å². The van der Waals surface area contributed by atoms with Crippen molar-refractivity contribution in [1.29, 1.82) is 0 Å². The first-order valence-corrected chi connectivity index (χ1v) is 8.06. The lowest BCUT2D eigenvalue weighted by Gasteiger charge is -2.04. The molecule has 0 spiro atoms. The van der Waals surface area contributed by atoms with Crippen molar-refractivity contribution in [2.75, 3.05) is 11.1 Å². The molecule has 24 heavy (non-hydrogen) atoms. The third-order valence-corrected chi connectivity index (χ3v) is 3.34. The second kappa shape index (κ2) is 10.2. The Bertz CT molecular complexity index is 640. The van der Waals surface area contributed by atoms with Crippen molar-refractivity contribution in [3.63, 3.8) is 0 Å². The largest absolute Gasteiger partial charge is 0.508 e. The lowest BCUT2D eigenvalue weighted by molar-refractivity contribution is -0.114. The molecule has 0 unspecified atom stereocenters. The summed E-state index contributed by atoms with van der Waals surface area (Å²) >= 11 is 0. The number of anilines is 2. The fraction of sp³-hybridized carbons (Fsp3) is 0.316. The SMILES string of the molecule is CC(=O)Nc1ccc(O)cc1.CCCCCc1cc(N)ccc1O. The second-order valence-corrected chi connectivity index (χ2v) is 5.57.